The minimum Gasteiger partial charge on any atom is -0.465 e. The summed E-state index contributed by atoms with van der Waals surface area (Å²) in [5.74, 6) is 1.70. The maximum atomic E-state index is 12.9. The molecule has 2 aromatic rings. The van der Waals surface area contributed by atoms with E-state index in [0.717, 1.165) is 17.1 Å². The molecule has 172 valence electrons. The maximum absolute atomic E-state index is 12.9. The first kappa shape index (κ1) is 25.5. The maximum Gasteiger partial charge on any atom is 0.309 e. The molecule has 7 heteroatoms. The van der Waals surface area contributed by atoms with E-state index in [-0.39, 0.29) is 29.5 Å². The van der Waals surface area contributed by atoms with Crippen LogP contribution in [0.2, 0.25) is 0 Å². The number of nitrogens with two attached hydrogens (primary N) is 2. The van der Waals surface area contributed by atoms with Gasteiger partial charge in [0.1, 0.15) is 5.84 Å². The molecule has 0 bridgehead atoms. The van der Waals surface area contributed by atoms with Crippen molar-refractivity contribution in [1.29, 1.82) is 10.8 Å². The zero-order valence-electron chi connectivity index (χ0n) is 18.7. The topological polar surface area (TPSA) is 126 Å². The molecule has 32 heavy (non-hydrogen) atoms. The standard InChI is InChI=1S/C25H34N4O2S/c1-18(16-32-17-19-7-3-2-4-8-19)15-31-25(30)22(11-6-12-23(26)27)14-20-9-5-10-21(13-20)24(28)29/h2-5,7-10,13,18,22H,6,11-12,14-17H2,1H3,(H3,26,27)(H3,28,29)/t18-,22?/m0/s1. The molecule has 0 aliphatic carbocycles. The van der Waals surface area contributed by atoms with Crippen LogP contribution in [0.25, 0.3) is 0 Å². The van der Waals surface area contributed by atoms with E-state index < -0.39 is 0 Å². The molecule has 0 saturated heterocycles. The molecule has 0 heterocycles. The Morgan fingerprint density at radius 1 is 1.06 bits per heavy atom. The molecular formula is C25H34N4O2S. The predicted molar refractivity (Wildman–Crippen MR) is 133 cm³/mol. The van der Waals surface area contributed by atoms with E-state index in [0.29, 0.717) is 37.9 Å². The Labute approximate surface area is 195 Å². The van der Waals surface area contributed by atoms with Crippen molar-refractivity contribution in [2.75, 3.05) is 12.4 Å². The summed E-state index contributed by atoms with van der Waals surface area (Å²) < 4.78 is 5.67. The number of thioether (sulfide) groups is 1. The Morgan fingerprint density at radius 3 is 2.47 bits per heavy atom. The number of ether oxygens (including phenoxy) is 1. The third kappa shape index (κ3) is 9.56. The monoisotopic (exact) mass is 454 g/mol. The van der Waals surface area contributed by atoms with Crippen LogP contribution in [-0.2, 0) is 21.7 Å². The van der Waals surface area contributed by atoms with Crippen LogP contribution in [0.15, 0.2) is 54.6 Å². The van der Waals surface area contributed by atoms with Crippen LogP contribution >= 0.6 is 11.8 Å². The average Bonchev–Trinajstić information content (AvgIpc) is 2.77. The summed E-state index contributed by atoms with van der Waals surface area (Å²) in [4.78, 5) is 12.9. The lowest BCUT2D eigenvalue weighted by atomic mass is 9.93. The van der Waals surface area contributed by atoms with Gasteiger partial charge in [0.05, 0.1) is 18.4 Å². The molecule has 0 radical (unpaired) electrons. The molecule has 0 fully saturated rings. The van der Waals surface area contributed by atoms with Crippen molar-refractivity contribution in [1.82, 2.24) is 0 Å². The van der Waals surface area contributed by atoms with Crippen LogP contribution in [0, 0.1) is 22.7 Å². The first-order chi connectivity index (χ1) is 15.3. The van der Waals surface area contributed by atoms with Crippen molar-refractivity contribution in [3.05, 3.63) is 71.3 Å². The molecule has 0 saturated carbocycles. The van der Waals surface area contributed by atoms with Gasteiger partial charge in [0.15, 0.2) is 0 Å². The van der Waals surface area contributed by atoms with Crippen LogP contribution in [-0.4, -0.2) is 30.0 Å². The van der Waals surface area contributed by atoms with Gasteiger partial charge in [0, 0.05) is 17.7 Å². The number of nitrogens with one attached hydrogen (secondary N) is 2. The highest BCUT2D eigenvalue weighted by Crippen LogP contribution is 2.20. The van der Waals surface area contributed by atoms with Gasteiger partial charge >= 0.3 is 5.97 Å². The zero-order valence-corrected chi connectivity index (χ0v) is 19.5. The lowest BCUT2D eigenvalue weighted by molar-refractivity contribution is -0.149. The van der Waals surface area contributed by atoms with Gasteiger partial charge in [0.25, 0.3) is 0 Å². The molecule has 0 amide bonds. The second kappa shape index (κ2) is 13.6. The largest absolute Gasteiger partial charge is 0.465 e. The Kier molecular flexibility index (Phi) is 10.8. The summed E-state index contributed by atoms with van der Waals surface area (Å²) in [5, 5.41) is 15.1. The summed E-state index contributed by atoms with van der Waals surface area (Å²) in [5.41, 5.74) is 13.9. The normalized spacial score (nSPS) is 12.7. The van der Waals surface area contributed by atoms with Crippen molar-refractivity contribution in [2.45, 2.75) is 38.4 Å². The molecule has 1 unspecified atom stereocenters. The molecule has 0 spiro atoms. The third-order valence-corrected chi connectivity index (χ3v) is 6.42. The number of carbonyl (C=O) groups excluding carboxylic acids is 1. The highest BCUT2D eigenvalue weighted by Gasteiger charge is 2.21. The second-order valence-corrected chi connectivity index (χ2v) is 9.20. The van der Waals surface area contributed by atoms with E-state index in [9.17, 15) is 4.79 Å². The zero-order chi connectivity index (χ0) is 23.3. The van der Waals surface area contributed by atoms with Crippen LogP contribution in [0.4, 0.5) is 0 Å². The molecule has 6 N–H and O–H groups in total. The van der Waals surface area contributed by atoms with E-state index in [4.69, 9.17) is 27.0 Å². The van der Waals surface area contributed by atoms with E-state index in [2.05, 4.69) is 19.1 Å². The lowest BCUT2D eigenvalue weighted by Crippen LogP contribution is -2.24. The Balaban J connectivity index is 1.88. The van der Waals surface area contributed by atoms with Gasteiger partial charge in [0.2, 0.25) is 0 Å². The number of hydrogen-bond acceptors (Lipinski definition) is 5. The van der Waals surface area contributed by atoms with Crippen molar-refractivity contribution < 1.29 is 9.53 Å². The summed E-state index contributed by atoms with van der Waals surface area (Å²) in [6.45, 7) is 2.48. The highest BCUT2D eigenvalue weighted by molar-refractivity contribution is 7.98. The van der Waals surface area contributed by atoms with Gasteiger partial charge in [-0.1, -0.05) is 55.5 Å². The number of benzene rings is 2. The Bertz CT molecular complexity index is 889. The van der Waals surface area contributed by atoms with E-state index in [1.54, 1.807) is 6.07 Å². The summed E-state index contributed by atoms with van der Waals surface area (Å²) in [7, 11) is 0. The number of carbonyl (C=O) groups is 1. The first-order valence-electron chi connectivity index (χ1n) is 10.9. The minimum absolute atomic E-state index is 0.00406. The third-order valence-electron chi connectivity index (χ3n) is 5.08. The molecule has 0 aliphatic rings. The van der Waals surface area contributed by atoms with Crippen LogP contribution in [0.3, 0.4) is 0 Å². The Hall–Kier alpha value is -2.80. The van der Waals surface area contributed by atoms with Gasteiger partial charge in [-0.05, 0) is 48.1 Å². The predicted octanol–water partition coefficient (Wildman–Crippen LogP) is 4.35. The number of hydrogen-bond donors (Lipinski definition) is 4. The molecule has 2 aromatic carbocycles. The molecule has 0 aromatic heterocycles. The molecule has 6 nitrogen and oxygen atoms in total. The number of esters is 1. The van der Waals surface area contributed by atoms with Gasteiger partial charge in [-0.3, -0.25) is 15.6 Å². The van der Waals surface area contributed by atoms with Crippen LogP contribution in [0.5, 0.6) is 0 Å². The van der Waals surface area contributed by atoms with Gasteiger partial charge in [-0.2, -0.15) is 11.8 Å². The van der Waals surface area contributed by atoms with E-state index in [1.165, 1.54) is 5.56 Å². The van der Waals surface area contributed by atoms with E-state index in [1.807, 2.05) is 48.2 Å². The molecule has 2 atom stereocenters. The van der Waals surface area contributed by atoms with Gasteiger partial charge in [-0.25, -0.2) is 0 Å². The van der Waals surface area contributed by atoms with Gasteiger partial charge in [-0.15, -0.1) is 0 Å². The summed E-state index contributed by atoms with van der Waals surface area (Å²) in [6.07, 6.45) is 2.22. The van der Waals surface area contributed by atoms with Crippen molar-refractivity contribution in [2.24, 2.45) is 23.3 Å². The fraction of sp³-hybridized carbons (Fsp3) is 0.400. The molecule has 0 aliphatic heterocycles. The summed E-state index contributed by atoms with van der Waals surface area (Å²) >= 11 is 1.84. The van der Waals surface area contributed by atoms with E-state index >= 15 is 0 Å². The number of amidine groups is 2. The number of nitrogen functional groups attached to an aromatic ring is 1. The van der Waals surface area contributed by atoms with Crippen LogP contribution < -0.4 is 11.5 Å². The van der Waals surface area contributed by atoms with Gasteiger partial charge < -0.3 is 16.2 Å². The summed E-state index contributed by atoms with van der Waals surface area (Å²) in [6, 6.07) is 17.7. The second-order valence-electron chi connectivity index (χ2n) is 8.17. The molecular weight excluding hydrogens is 420 g/mol. The Morgan fingerprint density at radius 2 is 1.78 bits per heavy atom. The smallest absolute Gasteiger partial charge is 0.309 e. The van der Waals surface area contributed by atoms with Crippen molar-refractivity contribution >= 4 is 29.4 Å². The molecule has 2 rings (SSSR count). The minimum atomic E-state index is -0.319. The number of rotatable bonds is 14. The highest BCUT2D eigenvalue weighted by atomic mass is 32.2. The lowest BCUT2D eigenvalue weighted by Gasteiger charge is -2.18. The quantitative estimate of drug-likeness (QED) is 0.192. The van der Waals surface area contributed by atoms with Crippen LogP contribution in [0.1, 0.15) is 42.9 Å². The first-order valence-corrected chi connectivity index (χ1v) is 12.0. The SMILES string of the molecule is C[C@@H](COC(=O)C(CCCC(=N)N)Cc1cccc(C(=N)N)c1)CSCc1ccccc1. The fourth-order valence-electron chi connectivity index (χ4n) is 3.34. The average molecular weight is 455 g/mol. The van der Waals surface area contributed by atoms with Crippen molar-refractivity contribution in [3.63, 3.8) is 0 Å². The fourth-order valence-corrected chi connectivity index (χ4v) is 4.38. The van der Waals surface area contributed by atoms with Crippen molar-refractivity contribution in [3.8, 4) is 0 Å².